The summed E-state index contributed by atoms with van der Waals surface area (Å²) in [5.41, 5.74) is 3.10. The maximum Gasteiger partial charge on any atom is 0.270 e. The molecule has 38 heavy (non-hydrogen) atoms. The van der Waals surface area contributed by atoms with Crippen LogP contribution >= 0.6 is 0 Å². The van der Waals surface area contributed by atoms with E-state index < -0.39 is 17.8 Å². The van der Waals surface area contributed by atoms with Crippen LogP contribution in [0.3, 0.4) is 0 Å². The molecule has 1 aliphatic rings. The van der Waals surface area contributed by atoms with Crippen molar-refractivity contribution in [2.45, 2.75) is 19.4 Å². The number of likely N-dealkylation sites (tertiary alicyclic amines) is 1. The lowest BCUT2D eigenvalue weighted by atomic mass is 10.0. The first-order valence-electron chi connectivity index (χ1n) is 12.5. The van der Waals surface area contributed by atoms with E-state index in [1.54, 1.807) is 13.0 Å². The molecule has 0 saturated carbocycles. The number of aryl methyl sites for hydroxylation is 1. The number of nitrogens with zero attached hydrogens (tertiary/aromatic N) is 2. The zero-order valence-corrected chi connectivity index (χ0v) is 21.0. The second-order valence-electron chi connectivity index (χ2n) is 9.55. The van der Waals surface area contributed by atoms with Crippen molar-refractivity contribution in [1.29, 1.82) is 0 Å². The number of aromatic amines is 1. The van der Waals surface area contributed by atoms with Crippen LogP contribution in [0.1, 0.15) is 45.5 Å². The van der Waals surface area contributed by atoms with E-state index >= 15 is 0 Å². The van der Waals surface area contributed by atoms with Gasteiger partial charge in [-0.05, 0) is 67.7 Å². The van der Waals surface area contributed by atoms with Gasteiger partial charge in [0.15, 0.2) is 0 Å². The number of rotatable bonds is 6. The van der Waals surface area contributed by atoms with Crippen molar-refractivity contribution >= 4 is 16.8 Å². The number of para-hydroxylation sites is 1. The fraction of sp³-hybridized carbons (Fsp3) is 0.267. The SMILES string of the molecule is Cc1cc(C#C[C@H]2CCN(CCF)C2)cc(C(=O)NC(c2cc3ccccc3[nH]2)c2cc(F)ccc2O)n1. The van der Waals surface area contributed by atoms with Gasteiger partial charge in [0.2, 0.25) is 0 Å². The zero-order chi connectivity index (χ0) is 26.6. The summed E-state index contributed by atoms with van der Waals surface area (Å²) >= 11 is 0. The normalized spacial score (nSPS) is 16.2. The molecule has 1 fully saturated rings. The van der Waals surface area contributed by atoms with Crippen molar-refractivity contribution < 1.29 is 18.7 Å². The Hall–Kier alpha value is -4.22. The molecule has 3 heterocycles. The van der Waals surface area contributed by atoms with Gasteiger partial charge in [0.1, 0.15) is 23.9 Å². The molecule has 1 unspecified atom stereocenters. The number of halogens is 2. The summed E-state index contributed by atoms with van der Waals surface area (Å²) < 4.78 is 26.8. The van der Waals surface area contributed by atoms with E-state index in [2.05, 4.69) is 32.0 Å². The van der Waals surface area contributed by atoms with Gasteiger partial charge in [-0.1, -0.05) is 30.0 Å². The number of carbonyl (C=O) groups excluding carboxylic acids is 1. The molecule has 2 aromatic carbocycles. The van der Waals surface area contributed by atoms with Crippen molar-refractivity contribution in [3.8, 4) is 17.6 Å². The lowest BCUT2D eigenvalue weighted by Gasteiger charge is -2.19. The monoisotopic (exact) mass is 514 g/mol. The van der Waals surface area contributed by atoms with E-state index in [9.17, 15) is 18.7 Å². The number of hydrogen-bond donors (Lipinski definition) is 3. The van der Waals surface area contributed by atoms with Gasteiger partial charge in [0.25, 0.3) is 5.91 Å². The van der Waals surface area contributed by atoms with E-state index in [1.807, 2.05) is 36.4 Å². The van der Waals surface area contributed by atoms with Crippen molar-refractivity contribution in [3.63, 3.8) is 0 Å². The molecule has 6 nitrogen and oxygen atoms in total. The third kappa shape index (κ3) is 5.68. The summed E-state index contributed by atoms with van der Waals surface area (Å²) in [6.45, 7) is 3.41. The predicted molar refractivity (Wildman–Crippen MR) is 142 cm³/mol. The average Bonchev–Trinajstić information content (AvgIpc) is 3.54. The minimum Gasteiger partial charge on any atom is -0.508 e. The van der Waals surface area contributed by atoms with E-state index in [0.717, 1.165) is 36.5 Å². The summed E-state index contributed by atoms with van der Waals surface area (Å²) in [6.07, 6.45) is 0.883. The molecular formula is C30H28F2N4O2. The number of hydrogen-bond acceptors (Lipinski definition) is 4. The van der Waals surface area contributed by atoms with Crippen molar-refractivity contribution in [2.24, 2.45) is 5.92 Å². The summed E-state index contributed by atoms with van der Waals surface area (Å²) in [5, 5.41) is 14.4. The lowest BCUT2D eigenvalue weighted by molar-refractivity contribution is 0.0936. The Balaban J connectivity index is 1.43. The van der Waals surface area contributed by atoms with E-state index in [0.29, 0.717) is 23.5 Å². The number of pyridine rings is 1. The molecule has 194 valence electrons. The van der Waals surface area contributed by atoms with Crippen LogP contribution in [0.15, 0.2) is 60.7 Å². The number of aromatic hydroxyl groups is 1. The zero-order valence-electron chi connectivity index (χ0n) is 21.0. The Kier molecular flexibility index (Phi) is 7.38. The van der Waals surface area contributed by atoms with Gasteiger partial charge in [-0.25, -0.2) is 13.8 Å². The van der Waals surface area contributed by atoms with Gasteiger partial charge < -0.3 is 15.4 Å². The maximum atomic E-state index is 14.2. The minimum absolute atomic E-state index is 0.141. The molecule has 5 rings (SSSR count). The lowest BCUT2D eigenvalue weighted by Crippen LogP contribution is -2.30. The topological polar surface area (TPSA) is 81.2 Å². The number of amides is 1. The number of benzene rings is 2. The first-order chi connectivity index (χ1) is 18.4. The molecule has 1 amide bonds. The molecule has 0 bridgehead atoms. The van der Waals surface area contributed by atoms with Gasteiger partial charge in [0, 0.05) is 47.0 Å². The van der Waals surface area contributed by atoms with Gasteiger partial charge in [-0.3, -0.25) is 9.69 Å². The summed E-state index contributed by atoms with van der Waals surface area (Å²) in [6, 6.07) is 15.7. The highest BCUT2D eigenvalue weighted by atomic mass is 19.1. The Bertz CT molecular complexity index is 1510. The van der Waals surface area contributed by atoms with Crippen LogP contribution in [0.25, 0.3) is 10.9 Å². The third-order valence-corrected chi connectivity index (χ3v) is 6.72. The number of H-pyrrole nitrogens is 1. The standard InChI is InChI=1S/C30H28F2N4O2/c1-19-14-21(7-6-20-10-12-36(18-20)13-11-31)15-27(33-19)30(38)35-29(24-17-23(32)8-9-28(24)37)26-16-22-4-2-3-5-25(22)34-26/h2-5,8-9,14-17,20,29,34,37H,10-13,18H2,1H3,(H,35,38)/t20-,29?/m0/s1. The Morgan fingerprint density at radius 1 is 1.24 bits per heavy atom. The van der Waals surface area contributed by atoms with Crippen LogP contribution < -0.4 is 5.32 Å². The maximum absolute atomic E-state index is 14.2. The van der Waals surface area contributed by atoms with Crippen molar-refractivity contribution in [3.05, 3.63) is 94.7 Å². The highest BCUT2D eigenvalue weighted by molar-refractivity contribution is 5.93. The van der Waals surface area contributed by atoms with Crippen LogP contribution in [0.2, 0.25) is 0 Å². The third-order valence-electron chi connectivity index (χ3n) is 6.72. The molecular weight excluding hydrogens is 486 g/mol. The number of nitrogens with one attached hydrogen (secondary N) is 2. The quantitative estimate of drug-likeness (QED) is 0.321. The number of aromatic nitrogens is 2. The minimum atomic E-state index is -0.859. The number of fused-ring (bicyclic) bond motifs is 1. The molecule has 4 aromatic rings. The van der Waals surface area contributed by atoms with Crippen molar-refractivity contribution in [1.82, 2.24) is 20.2 Å². The van der Waals surface area contributed by atoms with Gasteiger partial charge >= 0.3 is 0 Å². The molecule has 1 saturated heterocycles. The molecule has 8 heteroatoms. The Morgan fingerprint density at radius 3 is 2.89 bits per heavy atom. The Labute approximate surface area is 219 Å². The molecule has 1 aliphatic heterocycles. The summed E-state index contributed by atoms with van der Waals surface area (Å²) in [4.78, 5) is 23.2. The summed E-state index contributed by atoms with van der Waals surface area (Å²) in [7, 11) is 0. The predicted octanol–water partition coefficient (Wildman–Crippen LogP) is 4.88. The van der Waals surface area contributed by atoms with Crippen LogP contribution in [-0.4, -0.2) is 52.2 Å². The second kappa shape index (κ2) is 11.0. The average molecular weight is 515 g/mol. The summed E-state index contributed by atoms with van der Waals surface area (Å²) in [5.74, 6) is 5.39. The molecule has 2 aromatic heterocycles. The molecule has 2 atom stereocenters. The number of alkyl halides is 1. The van der Waals surface area contributed by atoms with Gasteiger partial charge in [-0.2, -0.15) is 0 Å². The fourth-order valence-electron chi connectivity index (χ4n) is 4.85. The van der Waals surface area contributed by atoms with Gasteiger partial charge in [0.05, 0.1) is 6.04 Å². The van der Waals surface area contributed by atoms with Gasteiger partial charge in [-0.15, -0.1) is 0 Å². The first kappa shape index (κ1) is 25.4. The number of carbonyl (C=O) groups is 1. The largest absolute Gasteiger partial charge is 0.508 e. The molecule has 0 aliphatic carbocycles. The second-order valence-corrected chi connectivity index (χ2v) is 9.55. The van der Waals surface area contributed by atoms with E-state index in [-0.39, 0.29) is 29.6 Å². The van der Waals surface area contributed by atoms with Crippen molar-refractivity contribution in [2.75, 3.05) is 26.3 Å². The van der Waals surface area contributed by atoms with Crippen LogP contribution in [0.4, 0.5) is 8.78 Å². The smallest absolute Gasteiger partial charge is 0.270 e. The van der Waals surface area contributed by atoms with E-state index in [4.69, 9.17) is 0 Å². The molecule has 0 radical (unpaired) electrons. The highest BCUT2D eigenvalue weighted by Gasteiger charge is 2.24. The number of phenols is 1. The highest BCUT2D eigenvalue weighted by Crippen LogP contribution is 2.32. The first-order valence-corrected chi connectivity index (χ1v) is 12.5. The van der Waals surface area contributed by atoms with Crippen LogP contribution in [-0.2, 0) is 0 Å². The molecule has 3 N–H and O–H groups in total. The van der Waals surface area contributed by atoms with Crippen LogP contribution in [0.5, 0.6) is 5.75 Å². The fourth-order valence-corrected chi connectivity index (χ4v) is 4.85. The molecule has 0 spiro atoms. The number of phenolic OH excluding ortho intramolecular Hbond substituents is 1. The Morgan fingerprint density at radius 2 is 2.08 bits per heavy atom. The van der Waals surface area contributed by atoms with E-state index in [1.165, 1.54) is 12.1 Å². The van der Waals surface area contributed by atoms with Crippen LogP contribution in [0, 0.1) is 30.5 Å².